The average molecular weight is 593 g/mol. The van der Waals surface area contributed by atoms with Crippen molar-refractivity contribution in [1.82, 2.24) is 34.7 Å². The Hall–Kier alpha value is -4.62. The van der Waals surface area contributed by atoms with Gasteiger partial charge in [0.05, 0.1) is 23.3 Å². The number of halogens is 4. The van der Waals surface area contributed by atoms with Gasteiger partial charge in [-0.05, 0) is 62.8 Å². The molecule has 4 heterocycles. The number of nitrogens with one attached hydrogen (secondary N) is 3. The maximum atomic E-state index is 14.8. The highest BCUT2D eigenvalue weighted by molar-refractivity contribution is 5.89. The molecule has 43 heavy (non-hydrogen) atoms. The number of aromatic nitrogens is 7. The summed E-state index contributed by atoms with van der Waals surface area (Å²) in [5.74, 6) is -0.246. The SMILES string of the molecule is C[C@@H](Nc1nc(NC2(C(F)(F)F)CC2)c2nc(-c3cnc(NC4CC4)c(F)c3)ccc2n1)C1=CCC(n2cncn2)C=C1. The fourth-order valence-corrected chi connectivity index (χ4v) is 5.07. The van der Waals surface area contributed by atoms with Crippen molar-refractivity contribution >= 4 is 28.6 Å². The Bertz CT molecular complexity index is 1730. The predicted molar refractivity (Wildman–Crippen MR) is 153 cm³/mol. The quantitative estimate of drug-likeness (QED) is 0.207. The third-order valence-corrected chi connectivity index (χ3v) is 7.98. The van der Waals surface area contributed by atoms with Gasteiger partial charge in [0, 0.05) is 17.8 Å². The van der Waals surface area contributed by atoms with Crippen molar-refractivity contribution in [3.8, 4) is 11.3 Å². The second kappa shape index (κ2) is 10.3. The predicted octanol–water partition coefficient (Wildman–Crippen LogP) is 5.83. The number of anilines is 3. The van der Waals surface area contributed by atoms with Crippen molar-refractivity contribution < 1.29 is 17.6 Å². The summed E-state index contributed by atoms with van der Waals surface area (Å²) in [5.41, 5.74) is 0.122. The molecule has 222 valence electrons. The highest BCUT2D eigenvalue weighted by atomic mass is 19.4. The molecule has 3 aliphatic carbocycles. The van der Waals surface area contributed by atoms with Gasteiger partial charge in [0.2, 0.25) is 5.95 Å². The van der Waals surface area contributed by atoms with E-state index in [1.165, 1.54) is 18.6 Å². The van der Waals surface area contributed by atoms with E-state index in [9.17, 15) is 17.6 Å². The monoisotopic (exact) mass is 592 g/mol. The van der Waals surface area contributed by atoms with Crippen LogP contribution in [0, 0.1) is 5.82 Å². The summed E-state index contributed by atoms with van der Waals surface area (Å²) in [6.45, 7) is 1.93. The number of allylic oxidation sites excluding steroid dienone is 2. The molecule has 1 unspecified atom stereocenters. The zero-order chi connectivity index (χ0) is 29.8. The molecule has 0 spiro atoms. The van der Waals surface area contributed by atoms with E-state index >= 15 is 0 Å². The van der Waals surface area contributed by atoms with Crippen LogP contribution in [-0.4, -0.2) is 58.5 Å². The molecule has 4 aromatic rings. The minimum atomic E-state index is -4.47. The fraction of sp³-hybridized carbons (Fsp3) is 0.379. The molecular formula is C29H28F4N10. The summed E-state index contributed by atoms with van der Waals surface area (Å²) < 4.78 is 58.4. The average Bonchev–Trinajstić information content (AvgIpc) is 3.91. The van der Waals surface area contributed by atoms with Gasteiger partial charge in [-0.25, -0.2) is 29.0 Å². The molecule has 14 heteroatoms. The second-order valence-corrected chi connectivity index (χ2v) is 11.2. The first kappa shape index (κ1) is 27.2. The molecule has 2 atom stereocenters. The van der Waals surface area contributed by atoms with Crippen molar-refractivity contribution in [2.45, 2.75) is 68.9 Å². The van der Waals surface area contributed by atoms with E-state index in [0.29, 0.717) is 23.2 Å². The first-order chi connectivity index (χ1) is 20.7. The number of hydrogen-bond acceptors (Lipinski definition) is 9. The largest absolute Gasteiger partial charge is 0.411 e. The van der Waals surface area contributed by atoms with Gasteiger partial charge in [-0.3, -0.25) is 0 Å². The minimum Gasteiger partial charge on any atom is -0.365 e. The van der Waals surface area contributed by atoms with Crippen molar-refractivity contribution in [3.05, 3.63) is 66.7 Å². The van der Waals surface area contributed by atoms with Gasteiger partial charge in [0.1, 0.15) is 23.7 Å². The first-order valence-corrected chi connectivity index (χ1v) is 14.1. The van der Waals surface area contributed by atoms with Crippen LogP contribution in [0.1, 0.15) is 45.1 Å². The fourth-order valence-electron chi connectivity index (χ4n) is 5.07. The summed E-state index contributed by atoms with van der Waals surface area (Å²) >= 11 is 0. The van der Waals surface area contributed by atoms with Crippen LogP contribution in [0.25, 0.3) is 22.3 Å². The van der Waals surface area contributed by atoms with Gasteiger partial charge in [-0.15, -0.1) is 0 Å². The topological polar surface area (TPSA) is 118 Å². The molecule has 3 aliphatic rings. The lowest BCUT2D eigenvalue weighted by Gasteiger charge is -2.23. The van der Waals surface area contributed by atoms with Gasteiger partial charge in [-0.1, -0.05) is 18.2 Å². The number of pyridine rings is 2. The van der Waals surface area contributed by atoms with Gasteiger partial charge in [0.25, 0.3) is 0 Å². The van der Waals surface area contributed by atoms with Crippen molar-refractivity contribution in [2.75, 3.05) is 16.0 Å². The van der Waals surface area contributed by atoms with E-state index in [0.717, 1.165) is 18.4 Å². The van der Waals surface area contributed by atoms with Crippen LogP contribution in [0.15, 0.2) is 60.9 Å². The van der Waals surface area contributed by atoms with Crippen LogP contribution >= 0.6 is 0 Å². The molecule has 0 amide bonds. The van der Waals surface area contributed by atoms with Gasteiger partial charge >= 0.3 is 6.18 Å². The van der Waals surface area contributed by atoms with Crippen LogP contribution in [0.4, 0.5) is 35.1 Å². The zero-order valence-electron chi connectivity index (χ0n) is 23.1. The van der Waals surface area contributed by atoms with E-state index in [4.69, 9.17) is 0 Å². The molecule has 0 bridgehead atoms. The van der Waals surface area contributed by atoms with Crippen molar-refractivity contribution in [3.63, 3.8) is 0 Å². The zero-order valence-corrected chi connectivity index (χ0v) is 23.1. The molecule has 0 radical (unpaired) electrons. The minimum absolute atomic E-state index is 0.0451. The van der Waals surface area contributed by atoms with Crippen LogP contribution < -0.4 is 16.0 Å². The molecule has 0 aliphatic heterocycles. The Kier molecular flexibility index (Phi) is 6.51. The Morgan fingerprint density at radius 2 is 1.93 bits per heavy atom. The molecule has 0 aromatic carbocycles. The summed E-state index contributed by atoms with van der Waals surface area (Å²) in [6.07, 6.45) is 8.73. The van der Waals surface area contributed by atoms with E-state index in [2.05, 4.69) is 52.0 Å². The van der Waals surface area contributed by atoms with Crippen LogP contribution in [0.3, 0.4) is 0 Å². The van der Waals surface area contributed by atoms with E-state index in [-0.39, 0.29) is 54.1 Å². The third-order valence-electron chi connectivity index (χ3n) is 7.98. The van der Waals surface area contributed by atoms with Crippen LogP contribution in [-0.2, 0) is 0 Å². The molecule has 3 N–H and O–H groups in total. The molecule has 0 saturated heterocycles. The van der Waals surface area contributed by atoms with Crippen molar-refractivity contribution in [1.29, 1.82) is 0 Å². The number of hydrogen-bond donors (Lipinski definition) is 3. The highest BCUT2D eigenvalue weighted by Crippen LogP contribution is 2.51. The second-order valence-electron chi connectivity index (χ2n) is 11.2. The first-order valence-electron chi connectivity index (χ1n) is 14.1. The van der Waals surface area contributed by atoms with Crippen LogP contribution in [0.2, 0.25) is 0 Å². The molecule has 10 nitrogen and oxygen atoms in total. The molecule has 7 rings (SSSR count). The smallest absolute Gasteiger partial charge is 0.365 e. The van der Waals surface area contributed by atoms with Crippen LogP contribution in [0.5, 0.6) is 0 Å². The Morgan fingerprint density at radius 3 is 2.58 bits per heavy atom. The Labute approximate surface area is 243 Å². The molecule has 2 saturated carbocycles. The number of fused-ring (bicyclic) bond motifs is 1. The lowest BCUT2D eigenvalue weighted by molar-refractivity contribution is -0.151. The van der Waals surface area contributed by atoms with Gasteiger partial charge in [-0.2, -0.15) is 23.3 Å². The number of alkyl halides is 3. The molecule has 4 aromatic heterocycles. The number of rotatable bonds is 9. The standard InChI is InChI=1S/C29H28F4N10/c1-16(17-2-6-20(7-3-17)43-15-34-14-36-43)37-27-40-23-9-8-22(18-12-21(30)25(35-13-18)38-19-4-5-19)39-24(23)26(41-27)42-28(10-11-28)29(31,32)33/h2-3,6,8-9,12-16,19-20H,4-5,7,10-11H2,1H3,(H,35,38)(H2,37,40,41,42)/t16-,20?/m1/s1. The summed E-state index contributed by atoms with van der Waals surface area (Å²) in [4.78, 5) is 21.8. The Morgan fingerprint density at radius 1 is 1.09 bits per heavy atom. The molecular weight excluding hydrogens is 564 g/mol. The summed E-state index contributed by atoms with van der Waals surface area (Å²) in [5, 5.41) is 13.1. The third kappa shape index (κ3) is 5.48. The van der Waals surface area contributed by atoms with Gasteiger partial charge in [0.15, 0.2) is 17.5 Å². The normalized spacial score (nSPS) is 20.0. The van der Waals surface area contributed by atoms with E-state index < -0.39 is 17.5 Å². The maximum absolute atomic E-state index is 14.8. The molecule has 2 fully saturated rings. The van der Waals surface area contributed by atoms with Gasteiger partial charge < -0.3 is 16.0 Å². The summed E-state index contributed by atoms with van der Waals surface area (Å²) in [6, 6.07) is 4.65. The lowest BCUT2D eigenvalue weighted by Crippen LogP contribution is -2.39. The van der Waals surface area contributed by atoms with E-state index in [1.54, 1.807) is 23.1 Å². The highest BCUT2D eigenvalue weighted by Gasteiger charge is 2.64. The summed E-state index contributed by atoms with van der Waals surface area (Å²) in [7, 11) is 0. The van der Waals surface area contributed by atoms with Crippen molar-refractivity contribution in [2.24, 2.45) is 0 Å². The maximum Gasteiger partial charge on any atom is 0.411 e. The van der Waals surface area contributed by atoms with E-state index in [1.807, 2.05) is 19.1 Å². The lowest BCUT2D eigenvalue weighted by atomic mass is 9.98. The Balaban J connectivity index is 1.19. The number of nitrogens with zero attached hydrogens (tertiary/aromatic N) is 7.